The maximum absolute atomic E-state index is 14.5. The van der Waals surface area contributed by atoms with Crippen LogP contribution in [0.5, 0.6) is 17.4 Å². The number of nitrogens with zero attached hydrogens (tertiary/aromatic N) is 1. The number of sulfonamides is 1. The van der Waals surface area contributed by atoms with Crippen LogP contribution in [0.15, 0.2) is 54.6 Å². The lowest BCUT2D eigenvalue weighted by Crippen LogP contribution is -2.10. The predicted octanol–water partition coefficient (Wildman–Crippen LogP) is 4.20. The highest BCUT2D eigenvalue weighted by Crippen LogP contribution is 2.30. The van der Waals surface area contributed by atoms with Crippen LogP contribution in [0.25, 0.3) is 11.3 Å². The Morgan fingerprint density at radius 2 is 1.79 bits per heavy atom. The first-order valence-corrected chi connectivity index (χ1v) is 9.91. The van der Waals surface area contributed by atoms with Crippen molar-refractivity contribution in [3.8, 4) is 28.6 Å². The van der Waals surface area contributed by atoms with Gasteiger partial charge in [0.2, 0.25) is 15.9 Å². The summed E-state index contributed by atoms with van der Waals surface area (Å²) in [5.74, 6) is -0.949. The zero-order valence-electron chi connectivity index (χ0n) is 14.9. The van der Waals surface area contributed by atoms with Crippen LogP contribution in [-0.4, -0.2) is 26.8 Å². The van der Waals surface area contributed by atoms with E-state index >= 15 is 0 Å². The van der Waals surface area contributed by atoms with Crippen molar-refractivity contribution in [1.82, 2.24) is 4.98 Å². The van der Waals surface area contributed by atoms with E-state index in [1.54, 1.807) is 24.3 Å². The van der Waals surface area contributed by atoms with Crippen molar-refractivity contribution in [2.45, 2.75) is 0 Å². The fraction of sp³-hybridized carbons (Fsp3) is 0.105. The highest BCUT2D eigenvalue weighted by Gasteiger charge is 2.13. The molecule has 3 aromatic rings. The Bertz CT molecular complexity index is 1120. The van der Waals surface area contributed by atoms with Crippen LogP contribution >= 0.6 is 0 Å². The number of halogens is 2. The number of pyridine rings is 1. The lowest BCUT2D eigenvalue weighted by atomic mass is 10.1. The molecule has 0 atom stereocenters. The van der Waals surface area contributed by atoms with Gasteiger partial charge >= 0.3 is 0 Å². The van der Waals surface area contributed by atoms with Crippen LogP contribution in [0.3, 0.4) is 0 Å². The second-order valence-corrected chi connectivity index (χ2v) is 7.55. The fourth-order valence-corrected chi connectivity index (χ4v) is 3.01. The average Bonchev–Trinajstić information content (AvgIpc) is 2.64. The smallest absolute Gasteiger partial charge is 0.229 e. The predicted molar refractivity (Wildman–Crippen MR) is 101 cm³/mol. The number of nitrogens with one attached hydrogen (secondary N) is 1. The molecule has 1 N–H and O–H groups in total. The van der Waals surface area contributed by atoms with Crippen molar-refractivity contribution in [2.24, 2.45) is 0 Å². The molecule has 0 aliphatic rings. The van der Waals surface area contributed by atoms with E-state index in [-0.39, 0.29) is 28.6 Å². The number of methoxy groups -OCH3 is 1. The van der Waals surface area contributed by atoms with E-state index in [0.29, 0.717) is 5.69 Å². The van der Waals surface area contributed by atoms with E-state index in [1.807, 2.05) is 0 Å². The monoisotopic (exact) mass is 406 g/mol. The molecular formula is C19H16F2N2O4S. The van der Waals surface area contributed by atoms with Crippen molar-refractivity contribution in [2.75, 3.05) is 18.1 Å². The maximum Gasteiger partial charge on any atom is 0.229 e. The van der Waals surface area contributed by atoms with Crippen molar-refractivity contribution >= 4 is 15.7 Å². The van der Waals surface area contributed by atoms with Gasteiger partial charge in [0.25, 0.3) is 0 Å². The number of aromatic nitrogens is 1. The van der Waals surface area contributed by atoms with E-state index < -0.39 is 21.7 Å². The van der Waals surface area contributed by atoms with Gasteiger partial charge in [-0.15, -0.1) is 0 Å². The number of benzene rings is 2. The van der Waals surface area contributed by atoms with E-state index in [9.17, 15) is 17.2 Å². The Morgan fingerprint density at radius 1 is 1.04 bits per heavy atom. The Labute approximate surface area is 160 Å². The molecule has 0 radical (unpaired) electrons. The van der Waals surface area contributed by atoms with Crippen molar-refractivity contribution < 1.29 is 26.7 Å². The third kappa shape index (κ3) is 4.55. The highest BCUT2D eigenvalue weighted by molar-refractivity contribution is 7.92. The first kappa shape index (κ1) is 19.6. The standard InChI is InChI=1S/C19H16F2N2O4S/c1-26-17-7-3-5-13(19(17)21)15-6-4-8-18(22-15)27-12-9-10-14(20)16(11-12)23-28(2,24)25/h3-11,23H,1-2H3. The van der Waals surface area contributed by atoms with E-state index in [0.717, 1.165) is 12.3 Å². The second-order valence-electron chi connectivity index (χ2n) is 5.80. The van der Waals surface area contributed by atoms with E-state index in [4.69, 9.17) is 9.47 Å². The van der Waals surface area contributed by atoms with E-state index in [1.165, 1.54) is 31.4 Å². The summed E-state index contributed by atoms with van der Waals surface area (Å²) in [6.45, 7) is 0. The van der Waals surface area contributed by atoms with Crippen molar-refractivity contribution in [3.63, 3.8) is 0 Å². The normalized spacial score (nSPS) is 11.1. The van der Waals surface area contributed by atoms with Gasteiger partial charge in [-0.2, -0.15) is 0 Å². The quantitative estimate of drug-likeness (QED) is 0.664. The Kier molecular flexibility index (Phi) is 5.46. The number of anilines is 1. The van der Waals surface area contributed by atoms with Gasteiger partial charge in [0.1, 0.15) is 11.6 Å². The van der Waals surface area contributed by atoms with Crippen LogP contribution in [0.1, 0.15) is 0 Å². The largest absolute Gasteiger partial charge is 0.494 e. The molecule has 0 aliphatic carbocycles. The topological polar surface area (TPSA) is 77.5 Å². The van der Waals surface area contributed by atoms with Gasteiger partial charge in [0.15, 0.2) is 11.6 Å². The molecular weight excluding hydrogens is 390 g/mol. The molecule has 9 heteroatoms. The Hall–Kier alpha value is -3.20. The van der Waals surface area contributed by atoms with Crippen molar-refractivity contribution in [3.05, 3.63) is 66.2 Å². The molecule has 0 bridgehead atoms. The van der Waals surface area contributed by atoms with Gasteiger partial charge in [-0.25, -0.2) is 22.2 Å². The summed E-state index contributed by atoms with van der Waals surface area (Å²) in [6, 6.07) is 13.0. The summed E-state index contributed by atoms with van der Waals surface area (Å²) in [5.41, 5.74) is 0.281. The molecule has 1 aromatic heterocycles. The molecule has 0 aliphatic heterocycles. The van der Waals surface area contributed by atoms with Crippen LogP contribution in [-0.2, 0) is 10.0 Å². The van der Waals surface area contributed by atoms with Gasteiger partial charge < -0.3 is 9.47 Å². The lowest BCUT2D eigenvalue weighted by molar-refractivity contribution is 0.387. The molecule has 1 heterocycles. The molecule has 146 valence electrons. The second kappa shape index (κ2) is 7.81. The number of ether oxygens (including phenoxy) is 2. The molecule has 0 saturated heterocycles. The van der Waals surface area contributed by atoms with Crippen LogP contribution in [0, 0.1) is 11.6 Å². The molecule has 0 amide bonds. The Balaban J connectivity index is 1.91. The number of hydrogen-bond acceptors (Lipinski definition) is 5. The van der Waals surface area contributed by atoms with E-state index in [2.05, 4.69) is 9.71 Å². The van der Waals surface area contributed by atoms with Gasteiger partial charge in [0, 0.05) is 17.7 Å². The zero-order chi connectivity index (χ0) is 20.3. The SMILES string of the molecule is COc1cccc(-c2cccc(Oc3ccc(F)c(NS(C)(=O)=O)c3)n2)c1F. The first-order chi connectivity index (χ1) is 13.3. The summed E-state index contributed by atoms with van der Waals surface area (Å²) in [7, 11) is -2.29. The third-order valence-electron chi connectivity index (χ3n) is 3.64. The van der Waals surface area contributed by atoms with Gasteiger partial charge in [0.05, 0.1) is 24.7 Å². The summed E-state index contributed by atoms with van der Waals surface area (Å²) < 4.78 is 63.5. The highest BCUT2D eigenvalue weighted by atomic mass is 32.2. The molecule has 28 heavy (non-hydrogen) atoms. The summed E-state index contributed by atoms with van der Waals surface area (Å²) in [5, 5.41) is 0. The average molecular weight is 406 g/mol. The zero-order valence-corrected chi connectivity index (χ0v) is 15.8. The minimum absolute atomic E-state index is 0.0839. The molecule has 0 unspecified atom stereocenters. The minimum Gasteiger partial charge on any atom is -0.494 e. The molecule has 0 saturated carbocycles. The Morgan fingerprint density at radius 3 is 2.50 bits per heavy atom. The summed E-state index contributed by atoms with van der Waals surface area (Å²) in [4.78, 5) is 4.25. The van der Waals surface area contributed by atoms with Gasteiger partial charge in [-0.05, 0) is 30.3 Å². The maximum atomic E-state index is 14.5. The van der Waals surface area contributed by atoms with Crippen LogP contribution < -0.4 is 14.2 Å². The van der Waals surface area contributed by atoms with Crippen molar-refractivity contribution in [1.29, 1.82) is 0 Å². The number of rotatable bonds is 6. The summed E-state index contributed by atoms with van der Waals surface area (Å²) in [6.07, 6.45) is 0.910. The van der Waals surface area contributed by atoms with Crippen LogP contribution in [0.2, 0.25) is 0 Å². The third-order valence-corrected chi connectivity index (χ3v) is 4.23. The fourth-order valence-electron chi connectivity index (χ4n) is 2.45. The molecule has 0 fully saturated rings. The summed E-state index contributed by atoms with van der Waals surface area (Å²) >= 11 is 0. The number of hydrogen-bond donors (Lipinski definition) is 1. The molecule has 3 rings (SSSR count). The lowest BCUT2D eigenvalue weighted by Gasteiger charge is -2.11. The minimum atomic E-state index is -3.66. The molecule has 2 aromatic carbocycles. The van der Waals surface area contributed by atoms with Crippen LogP contribution in [0.4, 0.5) is 14.5 Å². The van der Waals surface area contributed by atoms with Gasteiger partial charge in [-0.1, -0.05) is 12.1 Å². The first-order valence-electron chi connectivity index (χ1n) is 8.02. The van der Waals surface area contributed by atoms with Gasteiger partial charge in [-0.3, -0.25) is 4.72 Å². The molecule has 0 spiro atoms. The molecule has 6 nitrogen and oxygen atoms in total.